The van der Waals surface area contributed by atoms with Crippen molar-refractivity contribution in [1.29, 1.82) is 5.26 Å². The topological polar surface area (TPSA) is 71.4 Å². The zero-order valence-electron chi connectivity index (χ0n) is 19.3. The van der Waals surface area contributed by atoms with Crippen LogP contribution in [0.4, 0.5) is 11.4 Å². The molecular weight excluding hydrogens is 422 g/mol. The van der Waals surface area contributed by atoms with Crippen LogP contribution in [-0.2, 0) is 4.79 Å². The summed E-state index contributed by atoms with van der Waals surface area (Å²) in [6, 6.07) is 29.2. The Balaban J connectivity index is 1.44. The quantitative estimate of drug-likeness (QED) is 0.417. The normalized spacial score (nSPS) is 14.5. The van der Waals surface area contributed by atoms with Crippen LogP contribution in [0.15, 0.2) is 96.7 Å². The fourth-order valence-electron chi connectivity index (χ4n) is 4.00. The van der Waals surface area contributed by atoms with Gasteiger partial charge in [-0.3, -0.25) is 4.79 Å². The molecule has 4 rings (SSSR count). The average molecular weight is 452 g/mol. The molecule has 1 amide bonds. The number of piperazine rings is 1. The Bertz CT molecular complexity index is 1110. The van der Waals surface area contributed by atoms with Gasteiger partial charge in [0.15, 0.2) is 0 Å². The summed E-state index contributed by atoms with van der Waals surface area (Å²) in [6.07, 6.45) is 1.47. The van der Waals surface area contributed by atoms with Crippen LogP contribution in [-0.4, -0.2) is 44.0 Å². The summed E-state index contributed by atoms with van der Waals surface area (Å²) in [5, 5.41) is 15.7. The highest BCUT2D eigenvalue weighted by molar-refractivity contribution is 5.98. The lowest BCUT2D eigenvalue weighted by molar-refractivity contribution is -0.117. The summed E-state index contributed by atoms with van der Waals surface area (Å²) in [5.41, 5.74) is 3.91. The zero-order valence-corrected chi connectivity index (χ0v) is 19.3. The standard InChI is InChI=1S/C28H29N5O/c1-32-16-18-33(19-17-32)26-14-12-25(13-15-26)30-21-24(20-29)28(34)31-27(22-8-4-2-5-9-22)23-10-6-3-7-11-23/h2-15,21,27,30H,16-19H2,1H3,(H,31,34)/b24-21-. The van der Waals surface area contributed by atoms with Crippen LogP contribution in [0.3, 0.4) is 0 Å². The van der Waals surface area contributed by atoms with Gasteiger partial charge in [0.1, 0.15) is 11.6 Å². The maximum atomic E-state index is 13.0. The number of amides is 1. The van der Waals surface area contributed by atoms with Gasteiger partial charge in [-0.1, -0.05) is 60.7 Å². The largest absolute Gasteiger partial charge is 0.369 e. The third-order valence-electron chi connectivity index (χ3n) is 6.03. The van der Waals surface area contributed by atoms with Gasteiger partial charge in [0, 0.05) is 43.8 Å². The molecule has 1 saturated heterocycles. The van der Waals surface area contributed by atoms with Gasteiger partial charge in [0.2, 0.25) is 0 Å². The minimum absolute atomic E-state index is 0.0139. The van der Waals surface area contributed by atoms with E-state index in [4.69, 9.17) is 0 Å². The van der Waals surface area contributed by atoms with Crippen molar-refractivity contribution in [2.24, 2.45) is 0 Å². The van der Waals surface area contributed by atoms with Crippen LogP contribution < -0.4 is 15.5 Å². The highest BCUT2D eigenvalue weighted by atomic mass is 16.1. The first-order valence-corrected chi connectivity index (χ1v) is 11.4. The Morgan fingerprint density at radius 1 is 0.882 bits per heavy atom. The number of anilines is 2. The van der Waals surface area contributed by atoms with Crippen molar-refractivity contribution in [3.8, 4) is 6.07 Å². The van der Waals surface area contributed by atoms with E-state index in [9.17, 15) is 10.1 Å². The van der Waals surface area contributed by atoms with Gasteiger partial charge in [0.25, 0.3) is 5.91 Å². The summed E-state index contributed by atoms with van der Waals surface area (Å²) in [7, 11) is 2.14. The van der Waals surface area contributed by atoms with Crippen molar-refractivity contribution in [3.63, 3.8) is 0 Å². The first-order chi connectivity index (χ1) is 16.6. The lowest BCUT2D eigenvalue weighted by Crippen LogP contribution is -2.44. The molecule has 0 bridgehead atoms. The summed E-state index contributed by atoms with van der Waals surface area (Å²) < 4.78 is 0. The monoisotopic (exact) mass is 451 g/mol. The van der Waals surface area contributed by atoms with E-state index in [1.54, 1.807) is 0 Å². The summed E-state index contributed by atoms with van der Waals surface area (Å²) in [6.45, 7) is 4.12. The van der Waals surface area contributed by atoms with Gasteiger partial charge in [-0.05, 0) is 42.4 Å². The van der Waals surface area contributed by atoms with E-state index in [0.717, 1.165) is 43.0 Å². The summed E-state index contributed by atoms with van der Waals surface area (Å²) in [4.78, 5) is 17.7. The lowest BCUT2D eigenvalue weighted by Gasteiger charge is -2.34. The second-order valence-corrected chi connectivity index (χ2v) is 8.38. The number of hydrogen-bond acceptors (Lipinski definition) is 5. The molecule has 3 aromatic rings. The van der Waals surface area contributed by atoms with E-state index in [-0.39, 0.29) is 11.6 Å². The molecule has 6 heteroatoms. The van der Waals surface area contributed by atoms with E-state index >= 15 is 0 Å². The van der Waals surface area contributed by atoms with Gasteiger partial charge in [-0.2, -0.15) is 5.26 Å². The summed E-state index contributed by atoms with van der Waals surface area (Å²) in [5.74, 6) is -0.429. The van der Waals surface area contributed by atoms with Gasteiger partial charge in [0.05, 0.1) is 6.04 Å². The minimum Gasteiger partial charge on any atom is -0.369 e. The Morgan fingerprint density at radius 2 is 1.44 bits per heavy atom. The molecule has 0 unspecified atom stereocenters. The number of nitrogens with one attached hydrogen (secondary N) is 2. The first kappa shape index (κ1) is 23.1. The van der Waals surface area contributed by atoms with Crippen LogP contribution in [0.2, 0.25) is 0 Å². The van der Waals surface area contributed by atoms with Crippen LogP contribution >= 0.6 is 0 Å². The highest BCUT2D eigenvalue weighted by Gasteiger charge is 2.19. The van der Waals surface area contributed by atoms with Crippen molar-refractivity contribution in [3.05, 3.63) is 108 Å². The maximum absolute atomic E-state index is 13.0. The molecule has 0 aliphatic carbocycles. The Hall–Kier alpha value is -4.08. The van der Waals surface area contributed by atoms with Gasteiger partial charge in [-0.15, -0.1) is 0 Å². The number of likely N-dealkylation sites (N-methyl/N-ethyl adjacent to an activating group) is 1. The third kappa shape index (κ3) is 5.83. The minimum atomic E-state index is -0.429. The molecule has 34 heavy (non-hydrogen) atoms. The number of hydrogen-bond donors (Lipinski definition) is 2. The Morgan fingerprint density at radius 3 is 1.97 bits per heavy atom. The molecule has 6 nitrogen and oxygen atoms in total. The molecule has 0 radical (unpaired) electrons. The van der Waals surface area contributed by atoms with E-state index in [1.807, 2.05) is 78.9 Å². The molecular formula is C28H29N5O. The number of nitriles is 1. The third-order valence-corrected chi connectivity index (χ3v) is 6.03. The molecule has 3 aromatic carbocycles. The van der Waals surface area contributed by atoms with Crippen molar-refractivity contribution in [2.75, 3.05) is 43.4 Å². The van der Waals surface area contributed by atoms with E-state index in [0.29, 0.717) is 0 Å². The summed E-state index contributed by atoms with van der Waals surface area (Å²) >= 11 is 0. The van der Waals surface area contributed by atoms with Gasteiger partial charge >= 0.3 is 0 Å². The van der Waals surface area contributed by atoms with Crippen molar-refractivity contribution in [1.82, 2.24) is 10.2 Å². The Labute approximate surface area is 201 Å². The zero-order chi connectivity index (χ0) is 23.8. The van der Waals surface area contributed by atoms with Gasteiger partial charge < -0.3 is 20.4 Å². The number of nitrogens with zero attached hydrogens (tertiary/aromatic N) is 3. The molecule has 1 heterocycles. The number of rotatable bonds is 7. The first-order valence-electron chi connectivity index (χ1n) is 11.4. The second kappa shape index (κ2) is 11.2. The number of carbonyl (C=O) groups excluding carboxylic acids is 1. The molecule has 0 spiro atoms. The van der Waals surface area contributed by atoms with E-state index < -0.39 is 5.91 Å². The van der Waals surface area contributed by atoms with Gasteiger partial charge in [-0.25, -0.2) is 0 Å². The lowest BCUT2D eigenvalue weighted by atomic mass is 9.98. The molecule has 1 fully saturated rings. The fourth-order valence-corrected chi connectivity index (χ4v) is 4.00. The number of carbonyl (C=O) groups is 1. The molecule has 172 valence electrons. The predicted octanol–water partition coefficient (Wildman–Crippen LogP) is 4.16. The number of benzene rings is 3. The molecule has 1 aliphatic heterocycles. The smallest absolute Gasteiger partial charge is 0.264 e. The highest BCUT2D eigenvalue weighted by Crippen LogP contribution is 2.23. The Kier molecular flexibility index (Phi) is 7.59. The van der Waals surface area contributed by atoms with Crippen LogP contribution in [0.1, 0.15) is 17.2 Å². The molecule has 2 N–H and O–H groups in total. The SMILES string of the molecule is CN1CCN(c2ccc(N/C=C(/C#N)C(=O)NC(c3ccccc3)c3ccccc3)cc2)CC1. The van der Waals surface area contributed by atoms with E-state index in [1.165, 1.54) is 11.9 Å². The fraction of sp³-hybridized carbons (Fsp3) is 0.214. The molecule has 0 atom stereocenters. The predicted molar refractivity (Wildman–Crippen MR) is 136 cm³/mol. The van der Waals surface area contributed by atoms with Crippen LogP contribution in [0, 0.1) is 11.3 Å². The average Bonchev–Trinajstić information content (AvgIpc) is 2.89. The molecule has 0 saturated carbocycles. The van der Waals surface area contributed by atoms with Crippen molar-refractivity contribution < 1.29 is 4.79 Å². The second-order valence-electron chi connectivity index (χ2n) is 8.38. The van der Waals surface area contributed by atoms with Crippen molar-refractivity contribution >= 4 is 17.3 Å². The molecule has 0 aromatic heterocycles. The maximum Gasteiger partial charge on any atom is 0.264 e. The van der Waals surface area contributed by atoms with Crippen molar-refractivity contribution in [2.45, 2.75) is 6.04 Å². The van der Waals surface area contributed by atoms with Crippen LogP contribution in [0.5, 0.6) is 0 Å². The van der Waals surface area contributed by atoms with Crippen LogP contribution in [0.25, 0.3) is 0 Å². The molecule has 1 aliphatic rings. The van der Waals surface area contributed by atoms with E-state index in [2.05, 4.69) is 39.6 Å².